The molecule has 0 saturated carbocycles. The van der Waals surface area contributed by atoms with Crippen molar-refractivity contribution in [3.63, 3.8) is 0 Å². The fraction of sp³-hybridized carbons (Fsp3) is 0.278. The smallest absolute Gasteiger partial charge is 0.240 e. The molecular weight excluding hydrogens is 326 g/mol. The molecule has 24 heavy (non-hydrogen) atoms. The van der Waals surface area contributed by atoms with Crippen molar-refractivity contribution < 1.29 is 18.3 Å². The van der Waals surface area contributed by atoms with Crippen LogP contribution in [0.5, 0.6) is 0 Å². The Morgan fingerprint density at radius 2 is 1.67 bits per heavy atom. The maximum absolute atomic E-state index is 12.3. The maximum atomic E-state index is 12.3. The summed E-state index contributed by atoms with van der Waals surface area (Å²) < 4.78 is 27.1. The van der Waals surface area contributed by atoms with Crippen molar-refractivity contribution in [2.75, 3.05) is 6.54 Å². The van der Waals surface area contributed by atoms with Crippen LogP contribution in [0, 0.1) is 12.8 Å². The van der Waals surface area contributed by atoms with E-state index in [0.29, 0.717) is 5.56 Å². The molecule has 0 aliphatic heterocycles. The van der Waals surface area contributed by atoms with Gasteiger partial charge in [-0.1, -0.05) is 48.0 Å². The van der Waals surface area contributed by atoms with Gasteiger partial charge in [0, 0.05) is 6.54 Å². The van der Waals surface area contributed by atoms with Gasteiger partial charge < -0.3 is 5.11 Å². The Hall–Kier alpha value is -2.02. The number of carbonyl (C=O) groups is 1. The monoisotopic (exact) mass is 347 g/mol. The van der Waals surface area contributed by atoms with E-state index in [0.717, 1.165) is 5.56 Å². The van der Waals surface area contributed by atoms with E-state index in [1.165, 1.54) is 19.1 Å². The third-order valence-corrected chi connectivity index (χ3v) is 5.31. The van der Waals surface area contributed by atoms with Crippen molar-refractivity contribution in [3.8, 4) is 0 Å². The Labute approximate surface area is 142 Å². The Bertz CT molecular complexity index is 786. The average Bonchev–Trinajstić information content (AvgIpc) is 2.55. The van der Waals surface area contributed by atoms with E-state index in [9.17, 15) is 18.3 Å². The summed E-state index contributed by atoms with van der Waals surface area (Å²) in [7, 11) is -3.73. The molecule has 2 aromatic rings. The van der Waals surface area contributed by atoms with Crippen LogP contribution in [0.15, 0.2) is 59.5 Å². The summed E-state index contributed by atoms with van der Waals surface area (Å²) in [4.78, 5) is 12.0. The molecule has 0 heterocycles. The standard InChI is InChI=1S/C18H21NO4S/c1-13-8-10-16(11-9-13)24(22,23)19-12-17(14(2)20)18(21)15-6-4-3-5-7-15/h3-11,17-19,21H,12H2,1-2H3/t17-,18-/m1/s1. The van der Waals surface area contributed by atoms with E-state index in [1.807, 2.05) is 6.92 Å². The van der Waals surface area contributed by atoms with Gasteiger partial charge in [0.25, 0.3) is 0 Å². The quantitative estimate of drug-likeness (QED) is 0.804. The summed E-state index contributed by atoms with van der Waals surface area (Å²) >= 11 is 0. The van der Waals surface area contributed by atoms with Crippen LogP contribution in [0.4, 0.5) is 0 Å². The van der Waals surface area contributed by atoms with Gasteiger partial charge in [-0.05, 0) is 31.5 Å². The van der Waals surface area contributed by atoms with E-state index in [2.05, 4.69) is 4.72 Å². The summed E-state index contributed by atoms with van der Waals surface area (Å²) in [6.45, 7) is 3.05. The van der Waals surface area contributed by atoms with E-state index in [4.69, 9.17) is 0 Å². The molecule has 2 N–H and O–H groups in total. The topological polar surface area (TPSA) is 83.5 Å². The van der Waals surface area contributed by atoms with Crippen LogP contribution < -0.4 is 4.72 Å². The average molecular weight is 347 g/mol. The summed E-state index contributed by atoms with van der Waals surface area (Å²) in [6, 6.07) is 15.1. The van der Waals surface area contributed by atoms with Gasteiger partial charge in [0.05, 0.1) is 16.9 Å². The molecule has 2 atom stereocenters. The number of Topliss-reactive ketones (excluding diaryl/α,β-unsaturated/α-hetero) is 1. The van der Waals surface area contributed by atoms with Crippen LogP contribution in [0.3, 0.4) is 0 Å². The second kappa shape index (κ2) is 7.70. The minimum Gasteiger partial charge on any atom is -0.388 e. The molecule has 0 amide bonds. The zero-order chi connectivity index (χ0) is 17.7. The highest BCUT2D eigenvalue weighted by Gasteiger charge is 2.27. The lowest BCUT2D eigenvalue weighted by molar-refractivity contribution is -0.124. The van der Waals surface area contributed by atoms with Crippen molar-refractivity contribution >= 4 is 15.8 Å². The molecular formula is C18H21NO4S. The van der Waals surface area contributed by atoms with Crippen molar-refractivity contribution in [1.82, 2.24) is 4.72 Å². The first-order valence-electron chi connectivity index (χ1n) is 7.61. The number of nitrogens with one attached hydrogen (secondary N) is 1. The third-order valence-electron chi connectivity index (χ3n) is 3.87. The number of ketones is 1. The molecule has 0 unspecified atom stereocenters. The SMILES string of the molecule is CC(=O)[C@@H](CNS(=O)(=O)c1ccc(C)cc1)[C@H](O)c1ccccc1. The lowest BCUT2D eigenvalue weighted by Gasteiger charge is -2.21. The van der Waals surface area contributed by atoms with E-state index < -0.39 is 22.0 Å². The summed E-state index contributed by atoms with van der Waals surface area (Å²) in [5.74, 6) is -1.13. The van der Waals surface area contributed by atoms with Gasteiger partial charge in [0.1, 0.15) is 5.78 Å². The predicted molar refractivity (Wildman–Crippen MR) is 91.9 cm³/mol. The molecule has 128 valence electrons. The maximum Gasteiger partial charge on any atom is 0.240 e. The van der Waals surface area contributed by atoms with Gasteiger partial charge in [-0.2, -0.15) is 0 Å². The lowest BCUT2D eigenvalue weighted by Crippen LogP contribution is -2.35. The van der Waals surface area contributed by atoms with Crippen LogP contribution in [0.2, 0.25) is 0 Å². The molecule has 6 heteroatoms. The van der Waals surface area contributed by atoms with Gasteiger partial charge in [-0.3, -0.25) is 4.79 Å². The van der Waals surface area contributed by atoms with E-state index >= 15 is 0 Å². The summed E-state index contributed by atoms with van der Waals surface area (Å²) in [5, 5.41) is 10.4. The van der Waals surface area contributed by atoms with Crippen molar-refractivity contribution in [3.05, 3.63) is 65.7 Å². The minimum absolute atomic E-state index is 0.129. The molecule has 0 bridgehead atoms. The van der Waals surface area contributed by atoms with Gasteiger partial charge in [0.2, 0.25) is 10.0 Å². The molecule has 0 aromatic heterocycles. The fourth-order valence-corrected chi connectivity index (χ4v) is 3.42. The first kappa shape index (κ1) is 18.3. The van der Waals surface area contributed by atoms with Crippen LogP contribution in [-0.4, -0.2) is 25.9 Å². The number of aryl methyl sites for hydroxylation is 1. The number of hydrogen-bond donors (Lipinski definition) is 2. The molecule has 5 nitrogen and oxygen atoms in total. The first-order valence-corrected chi connectivity index (χ1v) is 9.09. The Kier molecular flexibility index (Phi) is 5.88. The van der Waals surface area contributed by atoms with Gasteiger partial charge in [-0.15, -0.1) is 0 Å². The third kappa shape index (κ3) is 4.50. The summed E-state index contributed by atoms with van der Waals surface area (Å²) in [5.41, 5.74) is 1.53. The zero-order valence-electron chi connectivity index (χ0n) is 13.6. The van der Waals surface area contributed by atoms with Crippen LogP contribution in [-0.2, 0) is 14.8 Å². The fourth-order valence-electron chi connectivity index (χ4n) is 2.36. The number of rotatable bonds is 7. The largest absolute Gasteiger partial charge is 0.388 e. The van der Waals surface area contributed by atoms with Crippen LogP contribution in [0.25, 0.3) is 0 Å². The number of sulfonamides is 1. The molecule has 0 fully saturated rings. The number of benzene rings is 2. The zero-order valence-corrected chi connectivity index (χ0v) is 14.5. The highest BCUT2D eigenvalue weighted by atomic mass is 32.2. The van der Waals surface area contributed by atoms with Crippen LogP contribution in [0.1, 0.15) is 24.2 Å². The highest BCUT2D eigenvalue weighted by Crippen LogP contribution is 2.23. The normalized spacial score (nSPS) is 14.1. The van der Waals surface area contributed by atoms with Gasteiger partial charge in [-0.25, -0.2) is 13.1 Å². The predicted octanol–water partition coefficient (Wildman–Crippen LogP) is 2.21. The molecule has 0 spiro atoms. The van der Waals surface area contributed by atoms with Gasteiger partial charge in [0.15, 0.2) is 0 Å². The van der Waals surface area contributed by atoms with Crippen LogP contribution >= 0.6 is 0 Å². The van der Waals surface area contributed by atoms with Crippen molar-refractivity contribution in [2.45, 2.75) is 24.8 Å². The van der Waals surface area contributed by atoms with Crippen molar-refractivity contribution in [1.29, 1.82) is 0 Å². The van der Waals surface area contributed by atoms with Crippen molar-refractivity contribution in [2.24, 2.45) is 5.92 Å². The minimum atomic E-state index is -3.73. The highest BCUT2D eigenvalue weighted by molar-refractivity contribution is 7.89. The molecule has 0 aliphatic rings. The molecule has 0 saturated heterocycles. The van der Waals surface area contributed by atoms with E-state index in [1.54, 1.807) is 42.5 Å². The first-order chi connectivity index (χ1) is 11.3. The number of carbonyl (C=O) groups excluding carboxylic acids is 1. The van der Waals surface area contributed by atoms with Gasteiger partial charge >= 0.3 is 0 Å². The molecule has 0 aliphatic carbocycles. The summed E-state index contributed by atoms with van der Waals surface area (Å²) in [6.07, 6.45) is -1.07. The second-order valence-electron chi connectivity index (χ2n) is 5.74. The molecule has 2 aromatic carbocycles. The number of hydrogen-bond acceptors (Lipinski definition) is 4. The molecule has 0 radical (unpaired) electrons. The Morgan fingerprint density at radius 1 is 1.08 bits per heavy atom. The molecule has 2 rings (SSSR count). The lowest BCUT2D eigenvalue weighted by atomic mass is 9.93. The second-order valence-corrected chi connectivity index (χ2v) is 7.50. The number of aliphatic hydroxyl groups excluding tert-OH is 1. The van der Waals surface area contributed by atoms with E-state index in [-0.39, 0.29) is 17.2 Å². The number of aliphatic hydroxyl groups is 1. The Morgan fingerprint density at radius 3 is 2.21 bits per heavy atom. The Balaban J connectivity index is 2.14.